The molecule has 4 aliphatic heterocycles. The summed E-state index contributed by atoms with van der Waals surface area (Å²) in [5, 5.41) is 0. The molecule has 1 aliphatic carbocycles. The molecule has 61 heavy (non-hydrogen) atoms. The maximum atomic E-state index is 2.76. The molecule has 0 N–H and O–H groups in total. The van der Waals surface area contributed by atoms with Crippen LogP contribution in [0.1, 0.15) is 67.3 Å². The van der Waals surface area contributed by atoms with Gasteiger partial charge in [-0.25, -0.2) is 0 Å². The maximum Gasteiger partial charge on any atom is 0.253 e. The minimum atomic E-state index is -0.561. The van der Waals surface area contributed by atoms with Crippen LogP contribution < -0.4 is 31.1 Å². The van der Waals surface area contributed by atoms with Gasteiger partial charge in [0, 0.05) is 50.9 Å². The Morgan fingerprint density at radius 3 is 1.38 bits per heavy atom. The smallest absolute Gasteiger partial charge is 0.253 e. The first-order valence-corrected chi connectivity index (χ1v) is 22.2. The molecule has 4 heterocycles. The average molecular weight is 784 g/mol. The molecule has 2 unspecified atom stereocenters. The van der Waals surface area contributed by atoms with Crippen LogP contribution in [0.2, 0.25) is 0 Å². The van der Waals surface area contributed by atoms with Crippen molar-refractivity contribution in [2.24, 2.45) is 0 Å². The standard InChI is InChI=1S/C57H46BN3/c1-55-35-17-18-36-56(55,2)61(47-32-16-15-29-44(47)55)43-37-50-54-51(38-43)60(42-27-13-6-14-28-42)49-34-20-31-46-53(49)58(54)52-45(30-19-33-48(52)59(50)41-25-11-5-12-26-41)57(46,39-21-7-3-8-22-39)40-23-9-4-10-24-40/h3-16,19-34,37-38H,17-18,35-36H2,1-2H3. The van der Waals surface area contributed by atoms with Crippen molar-refractivity contribution in [1.82, 2.24) is 0 Å². The predicted octanol–water partition coefficient (Wildman–Crippen LogP) is 12.2. The quantitative estimate of drug-likeness (QED) is 0.161. The molecule has 4 heteroatoms. The third-order valence-corrected chi connectivity index (χ3v) is 15.6. The van der Waals surface area contributed by atoms with Crippen molar-refractivity contribution in [3.63, 3.8) is 0 Å². The molecule has 3 nitrogen and oxygen atoms in total. The van der Waals surface area contributed by atoms with Crippen LogP contribution in [-0.4, -0.2) is 12.3 Å². The van der Waals surface area contributed by atoms with Gasteiger partial charge in [-0.2, -0.15) is 0 Å². The van der Waals surface area contributed by atoms with Gasteiger partial charge in [0.2, 0.25) is 0 Å². The topological polar surface area (TPSA) is 9.72 Å². The van der Waals surface area contributed by atoms with E-state index in [1.165, 1.54) is 109 Å². The van der Waals surface area contributed by atoms with Gasteiger partial charge in [-0.05, 0) is 119 Å². The summed E-state index contributed by atoms with van der Waals surface area (Å²) < 4.78 is 0. The summed E-state index contributed by atoms with van der Waals surface area (Å²) in [4.78, 5) is 7.97. The van der Waals surface area contributed by atoms with E-state index in [1.807, 2.05) is 0 Å². The maximum absolute atomic E-state index is 2.76. The third-order valence-electron chi connectivity index (χ3n) is 15.6. The lowest BCUT2D eigenvalue weighted by molar-refractivity contribution is 0.195. The Labute approximate surface area is 359 Å². The molecule has 0 saturated heterocycles. The molecule has 292 valence electrons. The second kappa shape index (κ2) is 12.6. The third kappa shape index (κ3) is 4.40. The van der Waals surface area contributed by atoms with Gasteiger partial charge >= 0.3 is 0 Å². The van der Waals surface area contributed by atoms with E-state index in [0.717, 1.165) is 6.42 Å². The largest absolute Gasteiger partial charge is 0.334 e. The Kier molecular flexibility index (Phi) is 7.25. The summed E-state index contributed by atoms with van der Waals surface area (Å²) in [6.07, 6.45) is 4.85. The Balaban J connectivity index is 1.19. The Bertz CT molecular complexity index is 2880. The fraction of sp³-hybridized carbons (Fsp3) is 0.158. The second-order valence-corrected chi connectivity index (χ2v) is 18.3. The van der Waals surface area contributed by atoms with Gasteiger partial charge in [-0.15, -0.1) is 0 Å². The van der Waals surface area contributed by atoms with Gasteiger partial charge in [0.25, 0.3) is 6.71 Å². The van der Waals surface area contributed by atoms with Crippen LogP contribution in [0.15, 0.2) is 194 Å². The summed E-state index contributed by atoms with van der Waals surface area (Å²) in [6, 6.07) is 73.5. The number of nitrogens with zero attached hydrogens (tertiary/aromatic N) is 3. The van der Waals surface area contributed by atoms with E-state index < -0.39 is 5.41 Å². The number of fused-ring (bicyclic) bond motifs is 3. The van der Waals surface area contributed by atoms with Gasteiger partial charge in [-0.3, -0.25) is 0 Å². The van der Waals surface area contributed by atoms with E-state index in [0.29, 0.717) is 0 Å². The molecule has 8 aromatic rings. The minimum Gasteiger partial charge on any atom is -0.334 e. The van der Waals surface area contributed by atoms with Gasteiger partial charge in [0.1, 0.15) is 0 Å². The lowest BCUT2D eigenvalue weighted by Gasteiger charge is -2.53. The molecule has 8 aromatic carbocycles. The summed E-state index contributed by atoms with van der Waals surface area (Å²) in [5.74, 6) is 0. The van der Waals surface area contributed by atoms with E-state index in [9.17, 15) is 0 Å². The zero-order valence-electron chi connectivity index (χ0n) is 34.7. The highest BCUT2D eigenvalue weighted by molar-refractivity contribution is 7.01. The SMILES string of the molecule is CC12CCCCC1(C)N(c1cc3c4c(c1)N(c1ccccc1)c1cccc5c1B4c1c(cccc1C5(c1ccccc1)c1ccccc1)N3c1ccccc1)c1ccccc12. The molecular weight excluding hydrogens is 737 g/mol. The average Bonchev–Trinajstić information content (AvgIpc) is 3.53. The van der Waals surface area contributed by atoms with Crippen molar-refractivity contribution in [2.75, 3.05) is 14.7 Å². The number of rotatable bonds is 5. The van der Waals surface area contributed by atoms with Crippen LogP contribution in [0.25, 0.3) is 0 Å². The summed E-state index contributed by atoms with van der Waals surface area (Å²) in [6.45, 7) is 5.12. The number of anilines is 8. The van der Waals surface area contributed by atoms with E-state index in [1.54, 1.807) is 0 Å². The fourth-order valence-corrected chi connectivity index (χ4v) is 13.0. The van der Waals surface area contributed by atoms with Gasteiger partial charge in [-0.1, -0.05) is 159 Å². The highest BCUT2D eigenvalue weighted by Gasteiger charge is 2.59. The Morgan fingerprint density at radius 2 is 0.836 bits per heavy atom. The van der Waals surface area contributed by atoms with Crippen molar-refractivity contribution in [3.05, 3.63) is 222 Å². The van der Waals surface area contributed by atoms with Crippen LogP contribution in [0.5, 0.6) is 0 Å². The highest BCUT2D eigenvalue weighted by Crippen LogP contribution is 2.62. The second-order valence-electron chi connectivity index (χ2n) is 18.3. The first-order chi connectivity index (χ1) is 30.0. The highest BCUT2D eigenvalue weighted by atomic mass is 15.3. The Hall–Kier alpha value is -6.78. The van der Waals surface area contributed by atoms with Crippen molar-refractivity contribution in [3.8, 4) is 0 Å². The lowest BCUT2D eigenvalue weighted by atomic mass is 9.28. The molecule has 5 aliphatic rings. The molecule has 0 bridgehead atoms. The predicted molar refractivity (Wildman–Crippen MR) is 255 cm³/mol. The van der Waals surface area contributed by atoms with E-state index in [2.05, 4.69) is 223 Å². The molecule has 0 aromatic heterocycles. The van der Waals surface area contributed by atoms with Gasteiger partial charge in [0.05, 0.1) is 11.0 Å². The van der Waals surface area contributed by atoms with Crippen LogP contribution >= 0.6 is 0 Å². The van der Waals surface area contributed by atoms with Gasteiger partial charge < -0.3 is 14.7 Å². The van der Waals surface area contributed by atoms with Crippen molar-refractivity contribution in [1.29, 1.82) is 0 Å². The molecule has 13 rings (SSSR count). The first-order valence-electron chi connectivity index (χ1n) is 22.2. The monoisotopic (exact) mass is 783 g/mol. The molecule has 0 amide bonds. The van der Waals surface area contributed by atoms with Gasteiger partial charge in [0.15, 0.2) is 0 Å². The summed E-state index contributed by atoms with van der Waals surface area (Å²) in [7, 11) is 0. The van der Waals surface area contributed by atoms with Crippen LogP contribution in [0.4, 0.5) is 45.5 Å². The summed E-state index contributed by atoms with van der Waals surface area (Å²) in [5.41, 5.74) is 20.3. The van der Waals surface area contributed by atoms with Crippen LogP contribution in [-0.2, 0) is 10.8 Å². The fourth-order valence-electron chi connectivity index (χ4n) is 13.0. The van der Waals surface area contributed by atoms with Crippen molar-refractivity contribution >= 4 is 68.6 Å². The minimum absolute atomic E-state index is 0.0262. The van der Waals surface area contributed by atoms with Crippen molar-refractivity contribution < 1.29 is 0 Å². The van der Waals surface area contributed by atoms with E-state index in [-0.39, 0.29) is 17.7 Å². The molecule has 0 radical (unpaired) electrons. The molecule has 2 atom stereocenters. The Morgan fingerprint density at radius 1 is 0.393 bits per heavy atom. The first kappa shape index (κ1) is 35.0. The number of benzene rings is 8. The summed E-state index contributed by atoms with van der Waals surface area (Å²) >= 11 is 0. The number of hydrogen-bond acceptors (Lipinski definition) is 3. The van der Waals surface area contributed by atoms with Crippen LogP contribution in [0, 0.1) is 0 Å². The number of para-hydroxylation sites is 3. The zero-order valence-corrected chi connectivity index (χ0v) is 34.7. The zero-order chi connectivity index (χ0) is 40.5. The molecular formula is C57H46BN3. The normalized spacial score (nSPS) is 20.8. The van der Waals surface area contributed by atoms with E-state index >= 15 is 0 Å². The molecule has 0 spiro atoms. The molecule has 1 fully saturated rings. The van der Waals surface area contributed by atoms with Crippen LogP contribution in [0.3, 0.4) is 0 Å². The van der Waals surface area contributed by atoms with E-state index in [4.69, 9.17) is 0 Å². The van der Waals surface area contributed by atoms with Crippen molar-refractivity contribution in [2.45, 2.75) is 55.9 Å². The number of hydrogen-bond donors (Lipinski definition) is 0. The lowest BCUT2D eigenvalue weighted by Crippen LogP contribution is -2.68. The molecule has 1 saturated carbocycles.